The van der Waals surface area contributed by atoms with Crippen LogP contribution in [0.2, 0.25) is 0 Å². The van der Waals surface area contributed by atoms with Crippen LogP contribution < -0.4 is 0 Å². The number of carbonyl (C=O) groups excluding carboxylic acids is 1. The normalized spacial score (nSPS) is 27.7. The maximum atomic E-state index is 12.4. The topological polar surface area (TPSA) is 135 Å². The van der Waals surface area contributed by atoms with Crippen LogP contribution in [0.15, 0.2) is 30.4 Å². The van der Waals surface area contributed by atoms with E-state index >= 15 is 0 Å². The molecular formula is C16H18O7. The number of aliphatic hydroxyl groups excluding tert-OH is 2. The first-order valence-corrected chi connectivity index (χ1v) is 7.02. The molecule has 1 aliphatic rings. The van der Waals surface area contributed by atoms with Crippen LogP contribution in [0.25, 0.3) is 0 Å². The highest BCUT2D eigenvalue weighted by Gasteiger charge is 2.52. The number of carbonyl (C=O) groups is 2. The SMILES string of the molecule is C=C1[C@@H](O)CC[C@@](CC(=O)c2cc(O)ccc2O)(C(=O)O)[C@H]1O. The van der Waals surface area contributed by atoms with Gasteiger partial charge in [0.2, 0.25) is 0 Å². The molecule has 0 aromatic heterocycles. The van der Waals surface area contributed by atoms with E-state index in [-0.39, 0.29) is 29.7 Å². The van der Waals surface area contributed by atoms with E-state index in [1.807, 2.05) is 0 Å². The molecule has 1 aliphatic carbocycles. The second-order valence-electron chi connectivity index (χ2n) is 5.79. The van der Waals surface area contributed by atoms with Gasteiger partial charge in [0, 0.05) is 6.42 Å². The van der Waals surface area contributed by atoms with Gasteiger partial charge in [-0.2, -0.15) is 0 Å². The molecule has 124 valence electrons. The lowest BCUT2D eigenvalue weighted by molar-refractivity contribution is -0.158. The van der Waals surface area contributed by atoms with Crippen LogP contribution in [-0.2, 0) is 4.79 Å². The molecule has 7 heteroatoms. The summed E-state index contributed by atoms with van der Waals surface area (Å²) < 4.78 is 0. The maximum absolute atomic E-state index is 12.4. The quantitative estimate of drug-likeness (QED) is 0.314. The number of carboxylic acid groups (broad SMARTS) is 1. The highest BCUT2D eigenvalue weighted by atomic mass is 16.4. The molecule has 0 heterocycles. The maximum Gasteiger partial charge on any atom is 0.313 e. The van der Waals surface area contributed by atoms with Gasteiger partial charge in [-0.15, -0.1) is 0 Å². The fourth-order valence-corrected chi connectivity index (χ4v) is 2.87. The Morgan fingerprint density at radius 2 is 1.91 bits per heavy atom. The van der Waals surface area contributed by atoms with Crippen molar-refractivity contribution in [1.29, 1.82) is 0 Å². The summed E-state index contributed by atoms with van der Waals surface area (Å²) in [5.41, 5.74) is -2.10. The zero-order valence-electron chi connectivity index (χ0n) is 12.3. The summed E-state index contributed by atoms with van der Waals surface area (Å²) >= 11 is 0. The predicted molar refractivity (Wildman–Crippen MR) is 79.2 cm³/mol. The number of hydrogen-bond acceptors (Lipinski definition) is 6. The summed E-state index contributed by atoms with van der Waals surface area (Å²) in [4.78, 5) is 24.1. The fraction of sp³-hybridized carbons (Fsp3) is 0.375. The van der Waals surface area contributed by atoms with Gasteiger partial charge in [-0.25, -0.2) is 0 Å². The van der Waals surface area contributed by atoms with Gasteiger partial charge in [-0.05, 0) is 36.6 Å². The van der Waals surface area contributed by atoms with Crippen molar-refractivity contribution in [2.45, 2.75) is 31.5 Å². The van der Waals surface area contributed by atoms with Gasteiger partial charge in [0.25, 0.3) is 0 Å². The molecule has 1 saturated carbocycles. The number of aliphatic carboxylic acids is 1. The molecule has 0 amide bonds. The number of Topliss-reactive ketones (excluding diaryl/α,β-unsaturated/α-hetero) is 1. The smallest absolute Gasteiger partial charge is 0.313 e. The van der Waals surface area contributed by atoms with E-state index in [9.17, 15) is 35.1 Å². The van der Waals surface area contributed by atoms with Crippen molar-refractivity contribution in [3.8, 4) is 11.5 Å². The number of phenols is 2. The van der Waals surface area contributed by atoms with Gasteiger partial charge < -0.3 is 25.5 Å². The van der Waals surface area contributed by atoms with Crippen molar-refractivity contribution < 1.29 is 35.1 Å². The van der Waals surface area contributed by atoms with Crippen LogP contribution >= 0.6 is 0 Å². The number of aliphatic hydroxyl groups is 2. The van der Waals surface area contributed by atoms with Crippen molar-refractivity contribution in [1.82, 2.24) is 0 Å². The average molecular weight is 322 g/mol. The Morgan fingerprint density at radius 1 is 1.26 bits per heavy atom. The lowest BCUT2D eigenvalue weighted by Gasteiger charge is -2.40. The number of benzene rings is 1. The van der Waals surface area contributed by atoms with Gasteiger partial charge in [-0.3, -0.25) is 9.59 Å². The number of ketones is 1. The highest BCUT2D eigenvalue weighted by Crippen LogP contribution is 2.43. The summed E-state index contributed by atoms with van der Waals surface area (Å²) in [6.07, 6.45) is -3.27. The minimum absolute atomic E-state index is 0.0495. The molecule has 5 N–H and O–H groups in total. The molecule has 1 fully saturated rings. The van der Waals surface area contributed by atoms with Crippen LogP contribution in [-0.4, -0.2) is 49.5 Å². The van der Waals surface area contributed by atoms with E-state index in [4.69, 9.17) is 0 Å². The van der Waals surface area contributed by atoms with E-state index in [2.05, 4.69) is 6.58 Å². The Labute approximate surface area is 132 Å². The first-order chi connectivity index (χ1) is 10.7. The summed E-state index contributed by atoms with van der Waals surface area (Å²) in [6.45, 7) is 3.50. The third-order valence-corrected chi connectivity index (χ3v) is 4.35. The Morgan fingerprint density at radius 3 is 2.52 bits per heavy atom. The van der Waals surface area contributed by atoms with E-state index < -0.39 is 41.5 Å². The van der Waals surface area contributed by atoms with Gasteiger partial charge in [0.05, 0.1) is 17.8 Å². The molecule has 0 saturated heterocycles. The van der Waals surface area contributed by atoms with Gasteiger partial charge in [-0.1, -0.05) is 6.58 Å². The minimum Gasteiger partial charge on any atom is -0.508 e. The second-order valence-corrected chi connectivity index (χ2v) is 5.79. The molecule has 3 atom stereocenters. The third-order valence-electron chi connectivity index (χ3n) is 4.35. The summed E-state index contributed by atoms with van der Waals surface area (Å²) in [5, 5.41) is 48.6. The molecule has 7 nitrogen and oxygen atoms in total. The summed E-state index contributed by atoms with van der Waals surface area (Å²) in [7, 11) is 0. The monoisotopic (exact) mass is 322 g/mol. The zero-order valence-corrected chi connectivity index (χ0v) is 12.3. The largest absolute Gasteiger partial charge is 0.508 e. The molecule has 23 heavy (non-hydrogen) atoms. The minimum atomic E-state index is -1.83. The number of aromatic hydroxyl groups is 2. The summed E-state index contributed by atoms with van der Waals surface area (Å²) in [6, 6.07) is 3.34. The van der Waals surface area contributed by atoms with E-state index in [1.165, 1.54) is 6.07 Å². The fourth-order valence-electron chi connectivity index (χ4n) is 2.87. The van der Waals surface area contributed by atoms with Crippen LogP contribution in [0.4, 0.5) is 0 Å². The summed E-state index contributed by atoms with van der Waals surface area (Å²) in [5.74, 6) is -2.76. The van der Waals surface area contributed by atoms with E-state index in [1.54, 1.807) is 0 Å². The molecule has 0 spiro atoms. The lowest BCUT2D eigenvalue weighted by atomic mass is 9.66. The standard InChI is InChI=1S/C16H18O7/c1-8-11(18)4-5-16(14(8)21,15(22)23)7-13(20)10-6-9(17)2-3-12(10)19/h2-3,6,11,14,17-19,21H,1,4-5,7H2,(H,22,23)/t11-,14-,16-/m0/s1. The molecule has 1 aromatic rings. The van der Waals surface area contributed by atoms with Crippen molar-refractivity contribution in [2.24, 2.45) is 5.41 Å². The first kappa shape index (κ1) is 17.0. The van der Waals surface area contributed by atoms with Crippen molar-refractivity contribution in [3.05, 3.63) is 35.9 Å². The molecular weight excluding hydrogens is 304 g/mol. The van der Waals surface area contributed by atoms with Crippen LogP contribution in [0, 0.1) is 5.41 Å². The molecule has 0 aliphatic heterocycles. The molecule has 0 radical (unpaired) electrons. The Bertz CT molecular complexity index is 666. The van der Waals surface area contributed by atoms with Crippen molar-refractivity contribution >= 4 is 11.8 Å². The number of carboxylic acids is 1. The van der Waals surface area contributed by atoms with Crippen LogP contribution in [0.5, 0.6) is 11.5 Å². The zero-order chi connectivity index (χ0) is 17.4. The first-order valence-electron chi connectivity index (χ1n) is 7.02. The van der Waals surface area contributed by atoms with Crippen molar-refractivity contribution in [2.75, 3.05) is 0 Å². The van der Waals surface area contributed by atoms with Crippen LogP contribution in [0.1, 0.15) is 29.6 Å². The molecule has 2 rings (SSSR count). The van der Waals surface area contributed by atoms with Crippen molar-refractivity contribution in [3.63, 3.8) is 0 Å². The Kier molecular flexibility index (Phi) is 4.44. The third kappa shape index (κ3) is 2.93. The van der Waals surface area contributed by atoms with Crippen LogP contribution in [0.3, 0.4) is 0 Å². The number of hydrogen-bond donors (Lipinski definition) is 5. The molecule has 0 unspecified atom stereocenters. The van der Waals surface area contributed by atoms with E-state index in [0.29, 0.717) is 0 Å². The lowest BCUT2D eigenvalue weighted by Crippen LogP contribution is -2.50. The Hall–Kier alpha value is -2.38. The number of rotatable bonds is 4. The molecule has 0 bridgehead atoms. The average Bonchev–Trinajstić information content (AvgIpc) is 2.50. The Balaban J connectivity index is 2.37. The van der Waals surface area contributed by atoms with E-state index in [0.717, 1.165) is 12.1 Å². The van der Waals surface area contributed by atoms with Gasteiger partial charge >= 0.3 is 5.97 Å². The predicted octanol–water partition coefficient (Wildman–Crippen LogP) is 0.813. The molecule has 1 aromatic carbocycles. The van der Waals surface area contributed by atoms with Gasteiger partial charge in [0.1, 0.15) is 16.9 Å². The highest BCUT2D eigenvalue weighted by molar-refractivity contribution is 6.01. The second kappa shape index (κ2) is 6.02. The van der Waals surface area contributed by atoms with Gasteiger partial charge in [0.15, 0.2) is 5.78 Å². The number of phenolic OH excluding ortho intramolecular Hbond substituents is 2.